The fourth-order valence-electron chi connectivity index (χ4n) is 8.73. The van der Waals surface area contributed by atoms with Gasteiger partial charge in [-0.2, -0.15) is 9.97 Å². The number of halogens is 2. The maximum absolute atomic E-state index is 17.3. The summed E-state index contributed by atoms with van der Waals surface area (Å²) in [5, 5.41) is 5.54. The Balaban J connectivity index is 1.23. The number of nitrogens with one attached hydrogen (secondary N) is 1. The minimum atomic E-state index is -0.898. The van der Waals surface area contributed by atoms with E-state index in [0.717, 1.165) is 37.6 Å². The molecule has 2 bridgehead atoms. The summed E-state index contributed by atoms with van der Waals surface area (Å²) in [6.07, 6.45) is 9.33. The molecule has 5 aliphatic rings. The number of benzene rings is 2. The van der Waals surface area contributed by atoms with Crippen molar-refractivity contribution in [1.82, 2.24) is 25.2 Å². The average Bonchev–Trinajstić information content (AvgIpc) is 3.73. The van der Waals surface area contributed by atoms with Crippen LogP contribution in [0.5, 0.6) is 17.6 Å². The number of fused-ring (bicyclic) bond motifs is 7. The van der Waals surface area contributed by atoms with Gasteiger partial charge in [-0.15, -0.1) is 6.42 Å². The summed E-state index contributed by atoms with van der Waals surface area (Å²) in [6.45, 7) is 2.51. The molecule has 2 aromatic carbocycles. The van der Waals surface area contributed by atoms with Crippen LogP contribution in [0, 0.1) is 18.2 Å². The number of aromatic nitrogens is 3. The Labute approximate surface area is 276 Å². The van der Waals surface area contributed by atoms with Gasteiger partial charge in [0.1, 0.15) is 47.5 Å². The van der Waals surface area contributed by atoms with Gasteiger partial charge in [0.2, 0.25) is 5.88 Å². The lowest BCUT2D eigenvalue weighted by Crippen LogP contribution is -2.60. The van der Waals surface area contributed by atoms with E-state index in [4.69, 9.17) is 40.3 Å². The summed E-state index contributed by atoms with van der Waals surface area (Å²) in [7, 11) is 1.53. The molecule has 0 unspecified atom stereocenters. The minimum absolute atomic E-state index is 0.00848. The van der Waals surface area contributed by atoms with Crippen molar-refractivity contribution < 1.29 is 27.7 Å². The third kappa shape index (κ3) is 4.66. The van der Waals surface area contributed by atoms with Crippen LogP contribution in [0.1, 0.15) is 37.7 Å². The van der Waals surface area contributed by atoms with Crippen LogP contribution in [0.25, 0.3) is 32.9 Å². The number of ether oxygens (including phenoxy) is 4. The number of hydrogen-bond donors (Lipinski definition) is 1. The first kappa shape index (κ1) is 29.8. The normalized spacial score (nSPS) is 27.4. The summed E-state index contributed by atoms with van der Waals surface area (Å²) in [6, 6.07) is 9.61. The average molecular weight is 655 g/mol. The third-order valence-electron chi connectivity index (χ3n) is 10.9. The van der Waals surface area contributed by atoms with Crippen molar-refractivity contribution in [2.24, 2.45) is 0 Å². The van der Waals surface area contributed by atoms with Crippen LogP contribution < -0.4 is 24.4 Å². The number of pyridine rings is 1. The number of hydrogen-bond acceptors (Lipinski definition) is 10. The molecule has 4 fully saturated rings. The number of anilines is 1. The van der Waals surface area contributed by atoms with Gasteiger partial charge in [-0.25, -0.2) is 13.8 Å². The van der Waals surface area contributed by atoms with E-state index in [-0.39, 0.29) is 54.6 Å². The van der Waals surface area contributed by atoms with Gasteiger partial charge in [0.15, 0.2) is 12.6 Å². The van der Waals surface area contributed by atoms with Gasteiger partial charge in [-0.3, -0.25) is 4.90 Å². The van der Waals surface area contributed by atoms with E-state index in [1.165, 1.54) is 7.11 Å². The van der Waals surface area contributed by atoms with Gasteiger partial charge in [-0.05, 0) is 55.8 Å². The molecule has 0 radical (unpaired) electrons. The Morgan fingerprint density at radius 2 is 2.06 bits per heavy atom. The van der Waals surface area contributed by atoms with E-state index < -0.39 is 17.5 Å². The molecule has 0 aliphatic carbocycles. The number of piperazine rings is 1. The number of terminal acetylenes is 1. The zero-order valence-corrected chi connectivity index (χ0v) is 26.7. The Morgan fingerprint density at radius 1 is 1.15 bits per heavy atom. The molecular weight excluding hydrogens is 618 g/mol. The number of methoxy groups -OCH3 is 1. The SMILES string of the molecule is C#Cc1cccc2cc(OCOC)cc(-c3nc4c5c(nc(OC[C@@]67CCCN6C[C@H](F)C7)nc5c3F)N3C[C@H]5CC[C@H](N5)[C@H]3CO4)c12. The summed E-state index contributed by atoms with van der Waals surface area (Å²) < 4.78 is 55.6. The summed E-state index contributed by atoms with van der Waals surface area (Å²) >= 11 is 0. The Kier molecular flexibility index (Phi) is 7.08. The first-order valence-corrected chi connectivity index (χ1v) is 16.7. The van der Waals surface area contributed by atoms with Crippen molar-refractivity contribution in [1.29, 1.82) is 0 Å². The highest BCUT2D eigenvalue weighted by Gasteiger charge is 2.50. The van der Waals surface area contributed by atoms with Crippen molar-refractivity contribution in [3.8, 4) is 41.2 Å². The molecule has 5 atom stereocenters. The lowest BCUT2D eigenvalue weighted by Gasteiger charge is -2.40. The molecule has 5 aliphatic heterocycles. The zero-order valence-electron chi connectivity index (χ0n) is 26.7. The van der Waals surface area contributed by atoms with Crippen LogP contribution in [0.2, 0.25) is 0 Å². The van der Waals surface area contributed by atoms with E-state index in [0.29, 0.717) is 59.6 Å². The minimum Gasteiger partial charge on any atom is -0.475 e. The molecule has 12 heteroatoms. The molecule has 48 heavy (non-hydrogen) atoms. The second kappa shape index (κ2) is 11.4. The molecule has 0 saturated carbocycles. The maximum Gasteiger partial charge on any atom is 0.319 e. The van der Waals surface area contributed by atoms with Crippen molar-refractivity contribution in [2.45, 2.75) is 61.9 Å². The lowest BCUT2D eigenvalue weighted by atomic mass is 9.95. The molecule has 9 rings (SSSR count). The number of nitrogens with zero attached hydrogens (tertiary/aromatic N) is 5. The van der Waals surface area contributed by atoms with E-state index in [9.17, 15) is 4.39 Å². The first-order valence-electron chi connectivity index (χ1n) is 16.7. The highest BCUT2D eigenvalue weighted by atomic mass is 19.1. The zero-order chi connectivity index (χ0) is 32.6. The van der Waals surface area contributed by atoms with Crippen LogP contribution in [-0.2, 0) is 4.74 Å². The van der Waals surface area contributed by atoms with Crippen molar-refractivity contribution >= 4 is 27.5 Å². The number of alkyl halides is 1. The van der Waals surface area contributed by atoms with E-state index in [1.54, 1.807) is 6.07 Å². The second-order valence-corrected chi connectivity index (χ2v) is 13.6. The van der Waals surface area contributed by atoms with E-state index in [2.05, 4.69) is 21.0 Å². The van der Waals surface area contributed by atoms with Crippen molar-refractivity contribution in [2.75, 3.05) is 51.7 Å². The quantitative estimate of drug-likeness (QED) is 0.225. The predicted molar refractivity (Wildman–Crippen MR) is 176 cm³/mol. The Morgan fingerprint density at radius 3 is 2.94 bits per heavy atom. The number of rotatable bonds is 7. The largest absolute Gasteiger partial charge is 0.475 e. The standard InChI is InChI=1S/C36H36F2N6O4/c1-3-20-6-4-7-21-12-24(48-19-45-2)13-25(28(20)21)31-30(38)32-29-33(44-16-23-8-9-26(39-23)27(44)17-46-34(29)40-31)42-35(41-32)47-18-36-10-5-11-43(36)15-22(37)14-36/h1,4,6-7,12-13,22-23,26-27,39H,5,8-11,14-19H2,2H3/t22-,23-,26+,27-,36+/m1/s1. The Bertz CT molecular complexity index is 1990. The Hall–Kier alpha value is -4.31. The molecular formula is C36H36F2N6O4. The molecule has 248 valence electrons. The van der Waals surface area contributed by atoms with Gasteiger partial charge in [0, 0.05) is 55.2 Å². The van der Waals surface area contributed by atoms with E-state index in [1.807, 2.05) is 24.3 Å². The topological polar surface area (TPSA) is 94.1 Å². The summed E-state index contributed by atoms with van der Waals surface area (Å²) in [4.78, 5) is 18.9. The molecule has 10 nitrogen and oxygen atoms in total. The molecule has 7 heterocycles. The molecule has 4 saturated heterocycles. The fraction of sp³-hybridized carbons (Fsp3) is 0.472. The van der Waals surface area contributed by atoms with E-state index >= 15 is 4.39 Å². The molecule has 0 spiro atoms. The van der Waals surface area contributed by atoms with Gasteiger partial charge >= 0.3 is 6.01 Å². The fourth-order valence-corrected chi connectivity index (χ4v) is 8.73. The van der Waals surface area contributed by atoms with Crippen molar-refractivity contribution in [3.05, 3.63) is 41.7 Å². The van der Waals surface area contributed by atoms with Crippen molar-refractivity contribution in [3.63, 3.8) is 0 Å². The van der Waals surface area contributed by atoms with Crippen LogP contribution in [0.15, 0.2) is 30.3 Å². The van der Waals surface area contributed by atoms with Gasteiger partial charge in [0.05, 0.1) is 11.6 Å². The highest BCUT2D eigenvalue weighted by molar-refractivity contribution is 6.04. The van der Waals surface area contributed by atoms with Crippen LogP contribution in [0.3, 0.4) is 0 Å². The lowest BCUT2D eigenvalue weighted by molar-refractivity contribution is 0.0512. The van der Waals surface area contributed by atoms with Gasteiger partial charge < -0.3 is 29.2 Å². The maximum atomic E-state index is 17.3. The van der Waals surface area contributed by atoms with Crippen LogP contribution in [0.4, 0.5) is 14.6 Å². The molecule has 4 aromatic rings. The summed E-state index contributed by atoms with van der Waals surface area (Å²) in [5.41, 5.74) is 0.693. The smallest absolute Gasteiger partial charge is 0.319 e. The predicted octanol–water partition coefficient (Wildman–Crippen LogP) is 4.60. The van der Waals surface area contributed by atoms with Crippen LogP contribution >= 0.6 is 0 Å². The molecule has 2 aromatic heterocycles. The summed E-state index contributed by atoms with van der Waals surface area (Å²) in [5.74, 6) is 3.36. The monoisotopic (exact) mass is 654 g/mol. The highest BCUT2D eigenvalue weighted by Crippen LogP contribution is 2.45. The van der Waals surface area contributed by atoms with Gasteiger partial charge in [-0.1, -0.05) is 18.1 Å². The third-order valence-corrected chi connectivity index (χ3v) is 10.9. The van der Waals surface area contributed by atoms with Gasteiger partial charge in [0.25, 0.3) is 0 Å². The second-order valence-electron chi connectivity index (χ2n) is 13.6. The first-order chi connectivity index (χ1) is 23.4. The van der Waals surface area contributed by atoms with Crippen LogP contribution in [-0.4, -0.2) is 96.4 Å². The molecule has 0 amide bonds. The molecule has 1 N–H and O–H groups in total.